The van der Waals surface area contributed by atoms with Crippen LogP contribution in [0.3, 0.4) is 0 Å². The molecule has 0 atom stereocenters. The van der Waals surface area contributed by atoms with Gasteiger partial charge in [-0.3, -0.25) is 0 Å². The van der Waals surface area contributed by atoms with Crippen LogP contribution in [0.5, 0.6) is 5.75 Å². The van der Waals surface area contributed by atoms with E-state index in [4.69, 9.17) is 5.14 Å². The van der Waals surface area contributed by atoms with Gasteiger partial charge in [-0.25, -0.2) is 13.6 Å². The average Bonchev–Trinajstić information content (AvgIpc) is 1.99. The quantitative estimate of drug-likeness (QED) is 0.810. The van der Waals surface area contributed by atoms with Crippen LogP contribution in [0, 0.1) is 0 Å². The standard InChI is InChI=1S/C10H15NO3S/c1-10(2,7-15(11,13)14)8-5-3-4-6-9(8)12/h3-6,12H,7H2,1-2H3,(H2,11,13,14). The Morgan fingerprint density at radius 1 is 1.33 bits per heavy atom. The van der Waals surface area contributed by atoms with Crippen LogP contribution in [0.1, 0.15) is 19.4 Å². The minimum Gasteiger partial charge on any atom is -0.508 e. The van der Waals surface area contributed by atoms with Crippen molar-refractivity contribution in [2.75, 3.05) is 5.75 Å². The molecular formula is C10H15NO3S. The predicted molar refractivity (Wildman–Crippen MR) is 59.1 cm³/mol. The first-order chi connectivity index (χ1) is 6.72. The number of nitrogens with two attached hydrogens (primary N) is 1. The van der Waals surface area contributed by atoms with Gasteiger partial charge in [-0.15, -0.1) is 0 Å². The van der Waals surface area contributed by atoms with Gasteiger partial charge in [0.1, 0.15) is 5.75 Å². The Hall–Kier alpha value is -1.07. The van der Waals surface area contributed by atoms with Crippen LogP contribution in [0.4, 0.5) is 0 Å². The fraction of sp³-hybridized carbons (Fsp3) is 0.400. The van der Waals surface area contributed by atoms with Crippen LogP contribution in [0.2, 0.25) is 0 Å². The highest BCUT2D eigenvalue weighted by atomic mass is 32.2. The van der Waals surface area contributed by atoms with Gasteiger partial charge in [-0.1, -0.05) is 32.0 Å². The lowest BCUT2D eigenvalue weighted by Crippen LogP contribution is -2.32. The molecular weight excluding hydrogens is 214 g/mol. The lowest BCUT2D eigenvalue weighted by molar-refractivity contribution is 0.446. The van der Waals surface area contributed by atoms with Gasteiger partial charge in [-0.05, 0) is 6.07 Å². The van der Waals surface area contributed by atoms with Crippen molar-refractivity contribution in [1.29, 1.82) is 0 Å². The van der Waals surface area contributed by atoms with Gasteiger partial charge >= 0.3 is 0 Å². The summed E-state index contributed by atoms with van der Waals surface area (Å²) in [7, 11) is -3.56. The number of aromatic hydroxyl groups is 1. The second-order valence-electron chi connectivity index (χ2n) is 4.21. The SMILES string of the molecule is CC(C)(CS(N)(=O)=O)c1ccccc1O. The molecule has 3 N–H and O–H groups in total. The van der Waals surface area contributed by atoms with Crippen molar-refractivity contribution in [2.24, 2.45) is 5.14 Å². The number of phenolic OH excluding ortho intramolecular Hbond substituents is 1. The summed E-state index contributed by atoms with van der Waals surface area (Å²) in [5.41, 5.74) is -0.113. The van der Waals surface area contributed by atoms with E-state index in [0.717, 1.165) is 0 Å². The van der Waals surface area contributed by atoms with Crippen molar-refractivity contribution in [3.8, 4) is 5.75 Å². The van der Waals surface area contributed by atoms with E-state index in [1.807, 2.05) is 0 Å². The van der Waals surface area contributed by atoms with Gasteiger partial charge in [0.15, 0.2) is 0 Å². The van der Waals surface area contributed by atoms with E-state index in [1.165, 1.54) is 6.07 Å². The summed E-state index contributed by atoms with van der Waals surface area (Å²) >= 11 is 0. The third-order valence-electron chi connectivity index (χ3n) is 2.20. The van der Waals surface area contributed by atoms with Gasteiger partial charge in [0.25, 0.3) is 0 Å². The minimum atomic E-state index is -3.56. The maximum absolute atomic E-state index is 11.0. The van der Waals surface area contributed by atoms with Crippen molar-refractivity contribution in [3.63, 3.8) is 0 Å². The first-order valence-corrected chi connectivity index (χ1v) is 6.23. The van der Waals surface area contributed by atoms with Crippen LogP contribution in [-0.4, -0.2) is 19.3 Å². The lowest BCUT2D eigenvalue weighted by Gasteiger charge is -2.24. The van der Waals surface area contributed by atoms with Crippen LogP contribution >= 0.6 is 0 Å². The maximum Gasteiger partial charge on any atom is 0.209 e. The molecule has 0 unspecified atom stereocenters. The molecule has 1 aromatic rings. The fourth-order valence-electron chi connectivity index (χ4n) is 1.63. The summed E-state index contributed by atoms with van der Waals surface area (Å²) in [5.74, 6) is -0.108. The Morgan fingerprint density at radius 2 is 1.87 bits per heavy atom. The van der Waals surface area contributed by atoms with E-state index in [-0.39, 0.29) is 11.5 Å². The zero-order valence-corrected chi connectivity index (χ0v) is 9.58. The number of primary sulfonamides is 1. The number of rotatable bonds is 3. The molecule has 0 aliphatic rings. The monoisotopic (exact) mass is 229 g/mol. The molecule has 0 aliphatic carbocycles. The third-order valence-corrected chi connectivity index (χ3v) is 3.32. The second kappa shape index (κ2) is 3.83. The Kier molecular flexibility index (Phi) is 3.06. The number of hydrogen-bond donors (Lipinski definition) is 2. The second-order valence-corrected chi connectivity index (χ2v) is 5.82. The van der Waals surface area contributed by atoms with Crippen molar-refractivity contribution in [3.05, 3.63) is 29.8 Å². The largest absolute Gasteiger partial charge is 0.508 e. The molecule has 0 saturated carbocycles. The van der Waals surface area contributed by atoms with E-state index in [9.17, 15) is 13.5 Å². The molecule has 0 heterocycles. The van der Waals surface area contributed by atoms with Crippen molar-refractivity contribution >= 4 is 10.0 Å². The summed E-state index contributed by atoms with van der Waals surface area (Å²) in [5, 5.41) is 14.6. The summed E-state index contributed by atoms with van der Waals surface area (Å²) in [6.45, 7) is 3.46. The zero-order chi connectivity index (χ0) is 11.7. The molecule has 1 aromatic carbocycles. The Labute approximate surface area is 89.8 Å². The van der Waals surface area contributed by atoms with Crippen molar-refractivity contribution in [2.45, 2.75) is 19.3 Å². The number of sulfonamides is 1. The first kappa shape index (κ1) is 12.0. The summed E-state index contributed by atoms with van der Waals surface area (Å²) in [6.07, 6.45) is 0. The fourth-order valence-corrected chi connectivity index (χ4v) is 2.79. The Balaban J connectivity index is 3.12. The average molecular weight is 229 g/mol. The van der Waals surface area contributed by atoms with E-state index in [0.29, 0.717) is 5.56 Å². The highest BCUT2D eigenvalue weighted by Crippen LogP contribution is 2.31. The molecule has 84 valence electrons. The van der Waals surface area contributed by atoms with E-state index in [2.05, 4.69) is 0 Å². The minimum absolute atomic E-state index is 0.0890. The van der Waals surface area contributed by atoms with Crippen molar-refractivity contribution in [1.82, 2.24) is 0 Å². The molecule has 15 heavy (non-hydrogen) atoms. The van der Waals surface area contributed by atoms with Crippen LogP contribution in [0.15, 0.2) is 24.3 Å². The van der Waals surface area contributed by atoms with Crippen LogP contribution < -0.4 is 5.14 Å². The maximum atomic E-state index is 11.0. The van der Waals surface area contributed by atoms with Crippen LogP contribution in [-0.2, 0) is 15.4 Å². The number of phenols is 1. The Bertz CT molecular complexity index is 451. The van der Waals surface area contributed by atoms with Gasteiger partial charge in [0.2, 0.25) is 10.0 Å². The number of benzene rings is 1. The molecule has 0 aromatic heterocycles. The van der Waals surface area contributed by atoms with Crippen molar-refractivity contribution < 1.29 is 13.5 Å². The van der Waals surface area contributed by atoms with Gasteiger partial charge in [0, 0.05) is 11.0 Å². The van der Waals surface area contributed by atoms with Gasteiger partial charge in [0.05, 0.1) is 5.75 Å². The molecule has 0 spiro atoms. The molecule has 0 amide bonds. The lowest BCUT2D eigenvalue weighted by atomic mass is 9.86. The summed E-state index contributed by atoms with van der Waals surface area (Å²) < 4.78 is 22.1. The summed E-state index contributed by atoms with van der Waals surface area (Å²) in [6, 6.07) is 6.66. The molecule has 1 rings (SSSR count). The predicted octanol–water partition coefficient (Wildman–Crippen LogP) is 0.958. The molecule has 0 radical (unpaired) electrons. The molecule has 0 aliphatic heterocycles. The molecule has 0 fully saturated rings. The molecule has 4 nitrogen and oxygen atoms in total. The molecule has 0 bridgehead atoms. The smallest absolute Gasteiger partial charge is 0.209 e. The number of hydrogen-bond acceptors (Lipinski definition) is 3. The van der Waals surface area contributed by atoms with E-state index in [1.54, 1.807) is 32.0 Å². The molecule has 0 saturated heterocycles. The van der Waals surface area contributed by atoms with Crippen LogP contribution in [0.25, 0.3) is 0 Å². The number of para-hydroxylation sites is 1. The first-order valence-electron chi connectivity index (χ1n) is 4.51. The normalized spacial score (nSPS) is 12.7. The molecule has 5 heteroatoms. The summed E-state index contributed by atoms with van der Waals surface area (Å²) in [4.78, 5) is 0. The van der Waals surface area contributed by atoms with Gasteiger partial charge in [-0.2, -0.15) is 0 Å². The van der Waals surface area contributed by atoms with Gasteiger partial charge < -0.3 is 5.11 Å². The third kappa shape index (κ3) is 3.21. The highest BCUT2D eigenvalue weighted by Gasteiger charge is 2.28. The Morgan fingerprint density at radius 3 is 2.33 bits per heavy atom. The topological polar surface area (TPSA) is 80.4 Å². The zero-order valence-electron chi connectivity index (χ0n) is 8.77. The van der Waals surface area contributed by atoms with E-state index < -0.39 is 15.4 Å². The highest BCUT2D eigenvalue weighted by molar-refractivity contribution is 7.89. The van der Waals surface area contributed by atoms with E-state index >= 15 is 0 Å².